The van der Waals surface area contributed by atoms with Crippen LogP contribution in [-0.2, 0) is 10.0 Å². The molecule has 1 saturated carbocycles. The number of sulfonamides is 1. The Hall–Kier alpha value is -0.0900. The number of nitrogens with zero attached hydrogens (tertiary/aromatic N) is 1. The molecule has 0 spiro atoms. The van der Waals surface area contributed by atoms with Crippen LogP contribution in [0.2, 0.25) is 0 Å². The van der Waals surface area contributed by atoms with Gasteiger partial charge in [0.15, 0.2) is 5.96 Å². The van der Waals surface area contributed by atoms with E-state index in [2.05, 4.69) is 27.3 Å². The van der Waals surface area contributed by atoms with Crippen molar-refractivity contribution in [3.63, 3.8) is 0 Å². The average molecular weight is 460 g/mol. The van der Waals surface area contributed by atoms with E-state index in [1.807, 2.05) is 13.8 Å². The van der Waals surface area contributed by atoms with E-state index in [0.717, 1.165) is 11.9 Å². The quantitative estimate of drug-likeness (QED) is 0.322. The van der Waals surface area contributed by atoms with Gasteiger partial charge >= 0.3 is 0 Å². The van der Waals surface area contributed by atoms with Crippen LogP contribution in [0.1, 0.15) is 52.9 Å². The first-order chi connectivity index (χ1) is 10.1. The summed E-state index contributed by atoms with van der Waals surface area (Å²) in [5, 5.41) is 6.66. The molecule has 1 rings (SSSR count). The van der Waals surface area contributed by atoms with E-state index in [4.69, 9.17) is 0 Å². The van der Waals surface area contributed by atoms with E-state index in [9.17, 15) is 8.42 Å². The molecule has 0 heterocycles. The first kappa shape index (κ1) is 22.9. The largest absolute Gasteiger partial charge is 0.355 e. The summed E-state index contributed by atoms with van der Waals surface area (Å²) in [4.78, 5) is 4.24. The number of rotatable bonds is 6. The Morgan fingerprint density at radius 2 is 1.78 bits per heavy atom. The van der Waals surface area contributed by atoms with Gasteiger partial charge in [-0.25, -0.2) is 13.1 Å². The first-order valence-electron chi connectivity index (χ1n) is 8.11. The molecule has 138 valence electrons. The second-order valence-corrected chi connectivity index (χ2v) is 8.70. The SMILES string of the molecule is CCC1CCC(NC(=NC)NCC(C)(C)NS(C)(=O)=O)CC1.I. The molecule has 0 aromatic heterocycles. The molecule has 23 heavy (non-hydrogen) atoms. The van der Waals surface area contributed by atoms with Gasteiger partial charge in [0, 0.05) is 25.2 Å². The van der Waals surface area contributed by atoms with Crippen LogP contribution in [0.4, 0.5) is 0 Å². The van der Waals surface area contributed by atoms with Crippen LogP contribution in [0, 0.1) is 5.92 Å². The van der Waals surface area contributed by atoms with E-state index in [1.165, 1.54) is 38.4 Å². The molecule has 0 aromatic rings. The Morgan fingerprint density at radius 1 is 1.22 bits per heavy atom. The maximum Gasteiger partial charge on any atom is 0.209 e. The highest BCUT2D eigenvalue weighted by atomic mass is 127. The lowest BCUT2D eigenvalue weighted by atomic mass is 9.84. The van der Waals surface area contributed by atoms with E-state index in [-0.39, 0.29) is 24.0 Å². The van der Waals surface area contributed by atoms with Gasteiger partial charge in [0.25, 0.3) is 0 Å². The number of hydrogen-bond donors (Lipinski definition) is 3. The summed E-state index contributed by atoms with van der Waals surface area (Å²) in [5.74, 6) is 1.61. The van der Waals surface area contributed by atoms with Crippen molar-refractivity contribution in [2.24, 2.45) is 10.9 Å². The third-order valence-corrected chi connectivity index (χ3v) is 5.07. The zero-order valence-electron chi connectivity index (χ0n) is 15.0. The fraction of sp³-hybridized carbons (Fsp3) is 0.933. The Bertz CT molecular complexity index is 472. The second-order valence-electron chi connectivity index (χ2n) is 6.95. The van der Waals surface area contributed by atoms with Gasteiger partial charge in [-0.3, -0.25) is 4.99 Å². The van der Waals surface area contributed by atoms with Crippen LogP contribution < -0.4 is 15.4 Å². The van der Waals surface area contributed by atoms with Crippen molar-refractivity contribution in [3.8, 4) is 0 Å². The molecular formula is C15H33IN4O2S. The molecule has 0 aliphatic heterocycles. The maximum atomic E-state index is 11.4. The standard InChI is InChI=1S/C15H32N4O2S.HI/c1-6-12-7-9-13(10-8-12)18-14(16-4)17-11-15(2,3)19-22(5,20)21;/h12-13,19H,6-11H2,1-5H3,(H2,16,17,18);1H. The summed E-state index contributed by atoms with van der Waals surface area (Å²) >= 11 is 0. The van der Waals surface area contributed by atoms with Gasteiger partial charge in [-0.2, -0.15) is 0 Å². The Labute approximate surface area is 158 Å². The van der Waals surface area contributed by atoms with Gasteiger partial charge in [0.05, 0.1) is 6.26 Å². The summed E-state index contributed by atoms with van der Waals surface area (Å²) in [5.41, 5.74) is -0.564. The molecule has 0 unspecified atom stereocenters. The lowest BCUT2D eigenvalue weighted by Gasteiger charge is -2.31. The fourth-order valence-electron chi connectivity index (χ4n) is 2.95. The minimum absolute atomic E-state index is 0. The third kappa shape index (κ3) is 9.71. The van der Waals surface area contributed by atoms with Gasteiger partial charge in [-0.15, -0.1) is 24.0 Å². The summed E-state index contributed by atoms with van der Waals surface area (Å²) in [6.45, 7) is 6.43. The molecule has 0 amide bonds. The highest BCUT2D eigenvalue weighted by Crippen LogP contribution is 2.26. The summed E-state index contributed by atoms with van der Waals surface area (Å²) < 4.78 is 25.3. The van der Waals surface area contributed by atoms with E-state index >= 15 is 0 Å². The van der Waals surface area contributed by atoms with Crippen molar-refractivity contribution in [1.29, 1.82) is 0 Å². The van der Waals surface area contributed by atoms with E-state index in [0.29, 0.717) is 12.6 Å². The zero-order chi connectivity index (χ0) is 16.8. The molecule has 0 bridgehead atoms. The Balaban J connectivity index is 0.00000484. The summed E-state index contributed by atoms with van der Waals surface area (Å²) in [6.07, 6.45) is 7.33. The Morgan fingerprint density at radius 3 is 2.22 bits per heavy atom. The van der Waals surface area contributed by atoms with Crippen LogP contribution in [0.15, 0.2) is 4.99 Å². The molecule has 3 N–H and O–H groups in total. The average Bonchev–Trinajstić information content (AvgIpc) is 2.41. The summed E-state index contributed by atoms with van der Waals surface area (Å²) in [6, 6.07) is 0.458. The molecule has 1 aliphatic rings. The molecule has 0 atom stereocenters. The third-order valence-electron chi connectivity index (χ3n) is 4.15. The molecule has 0 saturated heterocycles. The van der Waals surface area contributed by atoms with Gasteiger partial charge in [0.1, 0.15) is 0 Å². The van der Waals surface area contributed by atoms with Crippen LogP contribution in [0.3, 0.4) is 0 Å². The van der Waals surface area contributed by atoms with Crippen LogP contribution in [0.5, 0.6) is 0 Å². The maximum absolute atomic E-state index is 11.4. The minimum Gasteiger partial charge on any atom is -0.355 e. The second kappa shape index (κ2) is 10.0. The lowest BCUT2D eigenvalue weighted by molar-refractivity contribution is 0.303. The first-order valence-corrected chi connectivity index (χ1v) is 10.0. The number of guanidine groups is 1. The van der Waals surface area contributed by atoms with Gasteiger partial charge in [-0.05, 0) is 45.4 Å². The van der Waals surface area contributed by atoms with E-state index < -0.39 is 15.6 Å². The number of nitrogens with one attached hydrogen (secondary N) is 3. The predicted octanol–water partition coefficient (Wildman–Crippen LogP) is 2.07. The molecule has 1 aliphatic carbocycles. The highest BCUT2D eigenvalue weighted by molar-refractivity contribution is 14.0. The van der Waals surface area contributed by atoms with Gasteiger partial charge in [0.2, 0.25) is 10.0 Å². The number of hydrogen-bond acceptors (Lipinski definition) is 3. The normalized spacial score (nSPS) is 23.1. The van der Waals surface area contributed by atoms with Crippen molar-refractivity contribution in [2.45, 2.75) is 64.5 Å². The Kier molecular flexibility index (Phi) is 9.99. The topological polar surface area (TPSA) is 82.6 Å². The van der Waals surface area contributed by atoms with Gasteiger partial charge < -0.3 is 10.6 Å². The van der Waals surface area contributed by atoms with Crippen molar-refractivity contribution in [2.75, 3.05) is 19.8 Å². The molecule has 1 fully saturated rings. The van der Waals surface area contributed by atoms with Crippen LogP contribution in [-0.4, -0.2) is 45.8 Å². The molecule has 8 heteroatoms. The van der Waals surface area contributed by atoms with Crippen LogP contribution >= 0.6 is 24.0 Å². The monoisotopic (exact) mass is 460 g/mol. The highest BCUT2D eigenvalue weighted by Gasteiger charge is 2.24. The lowest BCUT2D eigenvalue weighted by Crippen LogP contribution is -2.54. The van der Waals surface area contributed by atoms with Crippen molar-refractivity contribution >= 4 is 40.0 Å². The molecular weight excluding hydrogens is 427 g/mol. The molecule has 0 aromatic carbocycles. The fourth-order valence-corrected chi connectivity index (χ4v) is 4.02. The minimum atomic E-state index is -3.22. The predicted molar refractivity (Wildman–Crippen MR) is 108 cm³/mol. The smallest absolute Gasteiger partial charge is 0.209 e. The molecule has 6 nitrogen and oxygen atoms in total. The van der Waals surface area contributed by atoms with E-state index in [1.54, 1.807) is 7.05 Å². The zero-order valence-corrected chi connectivity index (χ0v) is 18.1. The number of aliphatic imine (C=N–C) groups is 1. The van der Waals surface area contributed by atoms with Gasteiger partial charge in [-0.1, -0.05) is 13.3 Å². The van der Waals surface area contributed by atoms with Crippen molar-refractivity contribution in [3.05, 3.63) is 0 Å². The van der Waals surface area contributed by atoms with Crippen molar-refractivity contribution < 1.29 is 8.42 Å². The van der Waals surface area contributed by atoms with Crippen molar-refractivity contribution in [1.82, 2.24) is 15.4 Å². The number of halogens is 1. The molecule has 0 radical (unpaired) electrons. The summed E-state index contributed by atoms with van der Waals surface area (Å²) in [7, 11) is -1.48. The van der Waals surface area contributed by atoms with Crippen LogP contribution in [0.25, 0.3) is 0 Å².